The van der Waals surface area contributed by atoms with E-state index in [4.69, 9.17) is 18.9 Å². The summed E-state index contributed by atoms with van der Waals surface area (Å²) in [6.45, 7) is 19.2. The summed E-state index contributed by atoms with van der Waals surface area (Å²) in [7, 11) is 0. The van der Waals surface area contributed by atoms with Crippen LogP contribution in [0.3, 0.4) is 0 Å². The molecule has 204 valence electrons. The lowest BCUT2D eigenvalue weighted by molar-refractivity contribution is -0.145. The fourth-order valence-corrected chi connectivity index (χ4v) is 5.88. The molecule has 0 amide bonds. The summed E-state index contributed by atoms with van der Waals surface area (Å²) in [6.07, 6.45) is 2.18. The van der Waals surface area contributed by atoms with Crippen molar-refractivity contribution in [3.05, 3.63) is 59.2 Å². The molecule has 5 atom stereocenters. The first-order valence-corrected chi connectivity index (χ1v) is 13.6. The molecule has 2 aliphatic rings. The molecule has 0 radical (unpaired) electrons. The quantitative estimate of drug-likeness (QED) is 0.240. The summed E-state index contributed by atoms with van der Waals surface area (Å²) in [4.78, 5) is 24.1. The average molecular weight is 521 g/mol. The second-order valence-electron chi connectivity index (χ2n) is 11.0. The zero-order chi connectivity index (χ0) is 27.7. The maximum absolute atomic E-state index is 12.1. The molecule has 0 aliphatic heterocycles. The van der Waals surface area contributed by atoms with Crippen LogP contribution in [0.2, 0.25) is 0 Å². The molecule has 2 aliphatic carbocycles. The molecule has 1 fully saturated rings. The Morgan fingerprint density at radius 3 is 2.05 bits per heavy atom. The van der Waals surface area contributed by atoms with Crippen molar-refractivity contribution in [2.24, 2.45) is 5.92 Å². The van der Waals surface area contributed by atoms with E-state index in [2.05, 4.69) is 45.2 Å². The van der Waals surface area contributed by atoms with E-state index in [-0.39, 0.29) is 13.2 Å². The van der Waals surface area contributed by atoms with Gasteiger partial charge in [-0.2, -0.15) is 0 Å². The Kier molecular flexibility index (Phi) is 8.19. The molecule has 0 N–H and O–H groups in total. The van der Waals surface area contributed by atoms with Gasteiger partial charge >= 0.3 is 11.9 Å². The van der Waals surface area contributed by atoms with Crippen LogP contribution in [0, 0.1) is 5.92 Å². The highest BCUT2D eigenvalue weighted by atomic mass is 16.6. The van der Waals surface area contributed by atoms with Gasteiger partial charge in [-0.3, -0.25) is 0 Å². The molecular weight excluding hydrogens is 480 g/mol. The van der Waals surface area contributed by atoms with Gasteiger partial charge in [0.1, 0.15) is 36.9 Å². The van der Waals surface area contributed by atoms with E-state index in [1.54, 1.807) is 13.8 Å². The molecule has 2 aromatic rings. The Morgan fingerprint density at radius 1 is 0.921 bits per heavy atom. The van der Waals surface area contributed by atoms with Gasteiger partial charge in [0.05, 0.1) is 0 Å². The van der Waals surface area contributed by atoms with Gasteiger partial charge in [0.25, 0.3) is 0 Å². The third kappa shape index (κ3) is 5.31. The maximum atomic E-state index is 12.1. The first-order chi connectivity index (χ1) is 18.0. The smallest absolute Gasteiger partial charge is 0.333 e. The highest BCUT2D eigenvalue weighted by molar-refractivity contribution is 5.99. The van der Waals surface area contributed by atoms with E-state index in [1.807, 2.05) is 13.8 Å². The minimum atomic E-state index is -0.421. The van der Waals surface area contributed by atoms with E-state index in [9.17, 15) is 9.59 Å². The summed E-state index contributed by atoms with van der Waals surface area (Å²) in [6, 6.07) is 6.27. The largest absolute Gasteiger partial charge is 0.489 e. The van der Waals surface area contributed by atoms with E-state index in [1.165, 1.54) is 16.7 Å². The van der Waals surface area contributed by atoms with Crippen molar-refractivity contribution in [3.8, 4) is 11.5 Å². The second-order valence-corrected chi connectivity index (χ2v) is 11.0. The van der Waals surface area contributed by atoms with Gasteiger partial charge in [-0.25, -0.2) is 9.59 Å². The minimum Gasteiger partial charge on any atom is -0.489 e. The van der Waals surface area contributed by atoms with E-state index >= 15 is 0 Å². The molecule has 4 rings (SSSR count). The molecule has 0 aromatic heterocycles. The topological polar surface area (TPSA) is 71.1 Å². The first kappa shape index (κ1) is 27.7. The van der Waals surface area contributed by atoms with Gasteiger partial charge in [-0.1, -0.05) is 45.2 Å². The van der Waals surface area contributed by atoms with Crippen LogP contribution in [0.25, 0.3) is 10.8 Å². The Bertz CT molecular complexity index is 1270. The normalized spacial score (nSPS) is 20.9. The lowest BCUT2D eigenvalue weighted by atomic mass is 9.81. The molecular formula is C32H40O6. The number of ether oxygens (including phenoxy) is 4. The summed E-state index contributed by atoms with van der Waals surface area (Å²) >= 11 is 0. The van der Waals surface area contributed by atoms with Crippen LogP contribution in [-0.4, -0.2) is 37.4 Å². The minimum absolute atomic E-state index is 0.247. The number of hydrogen-bond acceptors (Lipinski definition) is 6. The van der Waals surface area contributed by atoms with Crippen molar-refractivity contribution >= 4 is 22.7 Å². The number of carbonyl (C=O) groups is 2. The third-order valence-corrected chi connectivity index (χ3v) is 7.68. The Labute approximate surface area is 226 Å². The van der Waals surface area contributed by atoms with Crippen molar-refractivity contribution < 1.29 is 28.5 Å². The Hall–Kier alpha value is -3.28. The van der Waals surface area contributed by atoms with Crippen LogP contribution in [0.15, 0.2) is 42.5 Å². The molecule has 2 aromatic carbocycles. The van der Waals surface area contributed by atoms with Crippen LogP contribution in [0.5, 0.6) is 11.5 Å². The number of fused-ring (bicyclic) bond motifs is 6. The second kappa shape index (κ2) is 11.2. The number of carbonyl (C=O) groups excluding carboxylic acids is 2. The van der Waals surface area contributed by atoms with Crippen molar-refractivity contribution in [1.29, 1.82) is 0 Å². The van der Waals surface area contributed by atoms with Gasteiger partial charge in [0.2, 0.25) is 0 Å². The summed E-state index contributed by atoms with van der Waals surface area (Å²) in [5.41, 5.74) is 4.35. The van der Waals surface area contributed by atoms with E-state index < -0.39 is 24.1 Å². The standard InChI is InChI=1S/C32H40O6/c1-9-22-11-10-12-24-26(22)30(36-16-21(8)38-32(34)18(4)5)27-23-13-19(6)25(14-23)28(27)29(24)35-15-20(7)37-31(33)17(2)3/h10-12,19-21,23,25H,2,4,9,13-16H2,1,3,5-8H3. The molecule has 1 saturated carbocycles. The van der Waals surface area contributed by atoms with Gasteiger partial charge < -0.3 is 18.9 Å². The summed E-state index contributed by atoms with van der Waals surface area (Å²) in [5.74, 6) is 2.25. The number of esters is 2. The fourth-order valence-electron chi connectivity index (χ4n) is 5.88. The zero-order valence-electron chi connectivity index (χ0n) is 23.5. The van der Waals surface area contributed by atoms with Crippen LogP contribution in [0.4, 0.5) is 0 Å². The van der Waals surface area contributed by atoms with Gasteiger partial charge in [-0.05, 0) is 70.3 Å². The predicted molar refractivity (Wildman–Crippen MR) is 149 cm³/mol. The number of rotatable bonds is 11. The van der Waals surface area contributed by atoms with Gasteiger partial charge in [0, 0.05) is 33.0 Å². The SMILES string of the molecule is C=C(C)C(=O)OC(C)COc1c2c(c(OCC(C)OC(=O)C(=C)C)c3c(CC)cccc13)C1CC(C)C2C1. The molecule has 0 heterocycles. The number of aryl methyl sites for hydroxylation is 1. The zero-order valence-corrected chi connectivity index (χ0v) is 23.5. The molecule has 6 nitrogen and oxygen atoms in total. The molecule has 6 heteroatoms. The molecule has 0 saturated heterocycles. The fraction of sp³-hybridized carbons (Fsp3) is 0.500. The van der Waals surface area contributed by atoms with Crippen LogP contribution in [0.1, 0.15) is 82.9 Å². The maximum Gasteiger partial charge on any atom is 0.333 e. The van der Waals surface area contributed by atoms with Crippen LogP contribution in [-0.2, 0) is 25.5 Å². The number of benzene rings is 2. The summed E-state index contributed by atoms with van der Waals surface area (Å²) < 4.78 is 24.1. The molecule has 38 heavy (non-hydrogen) atoms. The van der Waals surface area contributed by atoms with Crippen LogP contribution < -0.4 is 9.47 Å². The monoisotopic (exact) mass is 520 g/mol. The van der Waals surface area contributed by atoms with Crippen molar-refractivity contribution in [1.82, 2.24) is 0 Å². The molecule has 0 spiro atoms. The lowest BCUT2D eigenvalue weighted by Gasteiger charge is -2.29. The number of hydrogen-bond donors (Lipinski definition) is 0. The summed E-state index contributed by atoms with van der Waals surface area (Å²) in [5, 5.41) is 2.05. The van der Waals surface area contributed by atoms with Crippen molar-refractivity contribution in [3.63, 3.8) is 0 Å². The third-order valence-electron chi connectivity index (χ3n) is 7.68. The first-order valence-electron chi connectivity index (χ1n) is 13.6. The lowest BCUT2D eigenvalue weighted by Crippen LogP contribution is -2.24. The highest BCUT2D eigenvalue weighted by Crippen LogP contribution is 2.63. The Balaban J connectivity index is 1.76. The van der Waals surface area contributed by atoms with E-state index in [0.29, 0.717) is 28.9 Å². The van der Waals surface area contributed by atoms with Gasteiger partial charge in [0.15, 0.2) is 0 Å². The molecule has 5 unspecified atom stereocenters. The van der Waals surface area contributed by atoms with Crippen molar-refractivity contribution in [2.75, 3.05) is 13.2 Å². The average Bonchev–Trinajstić information content (AvgIpc) is 3.43. The predicted octanol–water partition coefficient (Wildman–Crippen LogP) is 6.79. The Morgan fingerprint density at radius 2 is 1.50 bits per heavy atom. The van der Waals surface area contributed by atoms with Crippen LogP contribution >= 0.6 is 0 Å². The van der Waals surface area contributed by atoms with Crippen molar-refractivity contribution in [2.45, 2.75) is 84.8 Å². The van der Waals surface area contributed by atoms with Gasteiger partial charge in [-0.15, -0.1) is 0 Å². The highest BCUT2D eigenvalue weighted by Gasteiger charge is 2.46. The molecule has 2 bridgehead atoms. The van der Waals surface area contributed by atoms with E-state index in [0.717, 1.165) is 41.5 Å².